The summed E-state index contributed by atoms with van der Waals surface area (Å²) in [7, 11) is 9.50. The molecule has 57 heavy (non-hydrogen) atoms. The maximum absolute atomic E-state index is 14.4. The molecule has 3 amide bonds. The lowest BCUT2D eigenvalue weighted by atomic mass is 9.45. The van der Waals surface area contributed by atoms with Gasteiger partial charge in [-0.3, -0.25) is 19.2 Å². The summed E-state index contributed by atoms with van der Waals surface area (Å²) in [6.07, 6.45) is 8.65. The van der Waals surface area contributed by atoms with Gasteiger partial charge >= 0.3 is 0 Å². The zero-order valence-corrected chi connectivity index (χ0v) is 36.6. The van der Waals surface area contributed by atoms with Gasteiger partial charge in [0.05, 0.1) is 18.8 Å². The van der Waals surface area contributed by atoms with Crippen LogP contribution in [0.1, 0.15) is 98.3 Å². The molecule has 7 aliphatic rings. The quantitative estimate of drug-likeness (QED) is 0.177. The molecule has 0 radical (unpaired) electrons. The van der Waals surface area contributed by atoms with Gasteiger partial charge < -0.3 is 40.7 Å². The lowest BCUT2D eigenvalue weighted by molar-refractivity contribution is -0.193. The third-order valence-corrected chi connectivity index (χ3v) is 16.2. The number of hydroxylamine groups is 2. The minimum Gasteiger partial charge on any atom is -0.394 e. The molecule has 2 aliphatic heterocycles. The minimum atomic E-state index is -0.850. The summed E-state index contributed by atoms with van der Waals surface area (Å²) < 4.78 is 6.42. The van der Waals surface area contributed by atoms with Gasteiger partial charge in [-0.15, -0.1) is 0 Å². The van der Waals surface area contributed by atoms with Crippen LogP contribution in [0.25, 0.3) is 0 Å². The number of piperidine rings is 1. The Labute approximate surface area is 343 Å². The largest absolute Gasteiger partial charge is 0.394 e. The number of hydrogen-bond donors (Lipinski definition) is 5. The van der Waals surface area contributed by atoms with Crippen molar-refractivity contribution in [3.05, 3.63) is 0 Å². The molecule has 326 valence electrons. The van der Waals surface area contributed by atoms with E-state index in [1.807, 2.05) is 0 Å². The van der Waals surface area contributed by atoms with Crippen LogP contribution in [0.2, 0.25) is 0 Å². The Bertz CT molecular complexity index is 1370. The average Bonchev–Trinajstić information content (AvgIpc) is 3.56. The summed E-state index contributed by atoms with van der Waals surface area (Å²) >= 11 is 0. The molecular formula is C44H78N6O7. The summed E-state index contributed by atoms with van der Waals surface area (Å²) in [6.45, 7) is 10.7. The fraction of sp³-hybridized carbons (Fsp3) is 0.932. The highest BCUT2D eigenvalue weighted by atomic mass is 16.7. The van der Waals surface area contributed by atoms with E-state index < -0.39 is 30.2 Å². The molecule has 2 saturated heterocycles. The third kappa shape index (κ3) is 9.55. The maximum atomic E-state index is 14.4. The first-order chi connectivity index (χ1) is 27.0. The number of methoxy groups -OCH3 is 1. The van der Waals surface area contributed by atoms with Crippen molar-refractivity contribution < 1.29 is 34.2 Å². The average molecular weight is 803 g/mol. The van der Waals surface area contributed by atoms with Crippen LogP contribution >= 0.6 is 0 Å². The van der Waals surface area contributed by atoms with E-state index in [1.54, 1.807) is 38.1 Å². The van der Waals surface area contributed by atoms with Crippen LogP contribution in [0.5, 0.6) is 0 Å². The van der Waals surface area contributed by atoms with Gasteiger partial charge in [0, 0.05) is 57.6 Å². The minimum absolute atomic E-state index is 0.0245. The number of amides is 3. The molecule has 5 saturated carbocycles. The number of nitrogens with zero attached hydrogens (tertiary/aromatic N) is 3. The second-order valence-electron chi connectivity index (χ2n) is 20.3. The molecule has 7 unspecified atom stereocenters. The molecule has 0 aromatic heterocycles. The van der Waals surface area contributed by atoms with E-state index in [1.165, 1.54) is 6.42 Å². The molecule has 7 fully saturated rings. The number of likely N-dealkylation sites (N-methyl/N-ethyl adjacent to an activating group) is 1. The molecule has 0 spiro atoms. The fourth-order valence-electron chi connectivity index (χ4n) is 12.7. The van der Waals surface area contributed by atoms with Gasteiger partial charge in [0.15, 0.2) is 0 Å². The Morgan fingerprint density at radius 2 is 1.77 bits per heavy atom. The molecule has 5 aliphatic carbocycles. The molecule has 2 heterocycles. The zero-order chi connectivity index (χ0) is 41.3. The first-order valence-corrected chi connectivity index (χ1v) is 22.5. The monoisotopic (exact) mass is 803 g/mol. The van der Waals surface area contributed by atoms with Crippen molar-refractivity contribution in [1.82, 2.24) is 30.8 Å². The van der Waals surface area contributed by atoms with Crippen molar-refractivity contribution >= 4 is 17.7 Å². The van der Waals surface area contributed by atoms with Gasteiger partial charge in [0.25, 0.3) is 0 Å². The fourth-order valence-corrected chi connectivity index (χ4v) is 12.7. The van der Waals surface area contributed by atoms with Crippen LogP contribution < -0.4 is 16.0 Å². The van der Waals surface area contributed by atoms with Crippen LogP contribution in [0, 0.1) is 58.7 Å². The SMILES string of the molecule is COC1C(CN2O[C@@H](CO)[C@H]([C@H](C)O)[C@H]2C(=O)N[C@H]2C[C@H]3C[C@@H]([C@@H]2C)C3(C)C)CCCC1C1CC(C(=O)N[C@@H](CC2CCCNC2)C(=O)N(C)C)CC(N(C)C)C1. The molecule has 2 bridgehead atoms. The lowest BCUT2D eigenvalue weighted by Crippen LogP contribution is -2.62. The summed E-state index contributed by atoms with van der Waals surface area (Å²) in [5, 5.41) is 33.4. The van der Waals surface area contributed by atoms with E-state index in [0.29, 0.717) is 42.1 Å². The van der Waals surface area contributed by atoms with Crippen molar-refractivity contribution in [3.8, 4) is 0 Å². The Hall–Kier alpha value is -1.87. The van der Waals surface area contributed by atoms with E-state index in [-0.39, 0.29) is 66.2 Å². The van der Waals surface area contributed by atoms with Crippen LogP contribution in [-0.4, -0.2) is 147 Å². The second-order valence-corrected chi connectivity index (χ2v) is 20.3. The highest BCUT2D eigenvalue weighted by Crippen LogP contribution is 2.61. The normalized spacial score (nSPS) is 40.5. The van der Waals surface area contributed by atoms with Crippen LogP contribution in [-0.2, 0) is 24.0 Å². The molecule has 0 aromatic rings. The molecule has 7 rings (SSSR count). The van der Waals surface area contributed by atoms with Gasteiger partial charge in [-0.1, -0.05) is 27.2 Å². The van der Waals surface area contributed by atoms with E-state index in [2.05, 4.69) is 55.7 Å². The van der Waals surface area contributed by atoms with Crippen LogP contribution in [0.15, 0.2) is 0 Å². The van der Waals surface area contributed by atoms with Crippen molar-refractivity contribution in [2.75, 3.05) is 61.5 Å². The highest BCUT2D eigenvalue weighted by molar-refractivity contribution is 5.88. The predicted molar refractivity (Wildman–Crippen MR) is 219 cm³/mol. The van der Waals surface area contributed by atoms with Crippen molar-refractivity contribution in [1.29, 1.82) is 0 Å². The van der Waals surface area contributed by atoms with E-state index in [0.717, 1.165) is 70.9 Å². The molecule has 13 nitrogen and oxygen atoms in total. The predicted octanol–water partition coefficient (Wildman–Crippen LogP) is 2.89. The van der Waals surface area contributed by atoms with Gasteiger partial charge in [0.1, 0.15) is 18.2 Å². The lowest BCUT2D eigenvalue weighted by Gasteiger charge is -2.62. The van der Waals surface area contributed by atoms with E-state index >= 15 is 0 Å². The Morgan fingerprint density at radius 1 is 1.02 bits per heavy atom. The van der Waals surface area contributed by atoms with E-state index in [9.17, 15) is 24.6 Å². The number of aliphatic hydroxyl groups excluding tert-OH is 2. The highest BCUT2D eigenvalue weighted by Gasteiger charge is 2.58. The number of hydrogen-bond acceptors (Lipinski definition) is 10. The van der Waals surface area contributed by atoms with Crippen molar-refractivity contribution in [3.63, 3.8) is 0 Å². The number of nitrogens with one attached hydrogen (secondary N) is 3. The molecule has 0 aromatic carbocycles. The summed E-state index contributed by atoms with van der Waals surface area (Å²) in [5.74, 6) is 1.38. The Morgan fingerprint density at radius 3 is 2.37 bits per heavy atom. The van der Waals surface area contributed by atoms with Gasteiger partial charge in [-0.2, -0.15) is 5.06 Å². The van der Waals surface area contributed by atoms with Crippen LogP contribution in [0.3, 0.4) is 0 Å². The first-order valence-electron chi connectivity index (χ1n) is 22.5. The van der Waals surface area contributed by atoms with Crippen LogP contribution in [0.4, 0.5) is 0 Å². The number of carbonyl (C=O) groups excluding carboxylic acids is 3. The van der Waals surface area contributed by atoms with Gasteiger partial charge in [-0.05, 0) is 139 Å². The third-order valence-electron chi connectivity index (χ3n) is 16.2. The first kappa shape index (κ1) is 44.7. The Balaban J connectivity index is 1.16. The maximum Gasteiger partial charge on any atom is 0.244 e. The molecule has 5 N–H and O–H groups in total. The summed E-state index contributed by atoms with van der Waals surface area (Å²) in [5.41, 5.74) is 0.300. The summed E-state index contributed by atoms with van der Waals surface area (Å²) in [6, 6.07) is -0.985. The smallest absolute Gasteiger partial charge is 0.244 e. The van der Waals surface area contributed by atoms with E-state index in [4.69, 9.17) is 9.57 Å². The number of aliphatic hydroxyl groups is 2. The number of carbonyl (C=O) groups is 3. The number of ether oxygens (including phenoxy) is 1. The van der Waals surface area contributed by atoms with Crippen molar-refractivity contribution in [2.45, 2.75) is 141 Å². The molecule has 16 atom stereocenters. The summed E-state index contributed by atoms with van der Waals surface area (Å²) in [4.78, 5) is 52.3. The van der Waals surface area contributed by atoms with Gasteiger partial charge in [-0.25, -0.2) is 0 Å². The Kier molecular flexibility index (Phi) is 14.7. The number of rotatable bonds is 14. The standard InChI is InChI=1S/C44H78N6O7/c1-25-34-20-31(44(34,3)4)21-35(25)46-42(54)39-38(26(2)52)37(24-51)57-50(39)23-28-13-10-14-33(40(28)56-9)29-17-30(19-32(18-29)48(5)6)41(53)47-36(43(55)49(7)8)16-27-12-11-15-45-22-27/h25-40,45,51-52H,10-24H2,1-9H3,(H,46,54)(H,47,53)/t25-,26-,27?,28?,29?,30?,31+,32?,33?,34-,35-,36-,37-,38-,39-,40?/m0/s1. The van der Waals surface area contributed by atoms with Crippen molar-refractivity contribution in [2.24, 2.45) is 58.7 Å². The second kappa shape index (κ2) is 18.8. The molecular weight excluding hydrogens is 725 g/mol. The molecule has 13 heteroatoms. The zero-order valence-electron chi connectivity index (χ0n) is 36.6. The van der Waals surface area contributed by atoms with Gasteiger partial charge in [0.2, 0.25) is 17.7 Å². The topological polar surface area (TPSA) is 156 Å². The number of fused-ring (bicyclic) bond motifs is 2.